The van der Waals surface area contributed by atoms with Crippen LogP contribution in [-0.2, 0) is 4.74 Å². The highest BCUT2D eigenvalue weighted by Crippen LogP contribution is 2.39. The lowest BCUT2D eigenvalue weighted by Gasteiger charge is -2.44. The first-order valence-electron chi connectivity index (χ1n) is 7.86. The van der Waals surface area contributed by atoms with Gasteiger partial charge in [0.2, 0.25) is 0 Å². The summed E-state index contributed by atoms with van der Waals surface area (Å²) in [7, 11) is 1.80. The third kappa shape index (κ3) is 3.31. The highest BCUT2D eigenvalue weighted by atomic mass is 16.6. The molecule has 0 unspecified atom stereocenters. The van der Waals surface area contributed by atoms with Crippen molar-refractivity contribution >= 4 is 11.9 Å². The number of amides is 1. The number of carbonyl (C=O) groups excluding carboxylic acids is 1. The summed E-state index contributed by atoms with van der Waals surface area (Å²) in [6.45, 7) is 7.22. The van der Waals surface area contributed by atoms with Crippen molar-refractivity contribution in [3.8, 4) is 0 Å². The van der Waals surface area contributed by atoms with Gasteiger partial charge >= 0.3 is 6.09 Å². The maximum atomic E-state index is 12.0. The highest BCUT2D eigenvalue weighted by molar-refractivity contribution is 5.69. The predicted molar refractivity (Wildman–Crippen MR) is 84.0 cm³/mol. The Hall–Kier alpha value is -1.85. The van der Waals surface area contributed by atoms with Gasteiger partial charge in [0.25, 0.3) is 0 Å². The molecule has 1 aliphatic heterocycles. The molecular formula is C16H24N4O2. The van der Waals surface area contributed by atoms with Crippen LogP contribution in [0.3, 0.4) is 0 Å². The minimum atomic E-state index is -0.458. The first kappa shape index (κ1) is 15.1. The number of carbonyl (C=O) groups is 1. The van der Waals surface area contributed by atoms with Crippen LogP contribution in [-0.4, -0.2) is 52.7 Å². The fourth-order valence-electron chi connectivity index (χ4n) is 2.51. The summed E-state index contributed by atoms with van der Waals surface area (Å²) in [5.41, 5.74) is 0.689. The second-order valence-electron chi connectivity index (χ2n) is 7.23. The number of ether oxygens (including phenoxy) is 1. The first-order chi connectivity index (χ1) is 10.3. The molecule has 120 valence electrons. The Morgan fingerprint density at radius 1 is 1.32 bits per heavy atom. The molecule has 1 saturated heterocycles. The van der Waals surface area contributed by atoms with Crippen LogP contribution in [0, 0.1) is 0 Å². The molecule has 2 fully saturated rings. The van der Waals surface area contributed by atoms with Crippen LogP contribution >= 0.6 is 0 Å². The van der Waals surface area contributed by atoms with E-state index in [1.165, 1.54) is 12.8 Å². The summed E-state index contributed by atoms with van der Waals surface area (Å²) in [4.78, 5) is 24.6. The lowest BCUT2D eigenvalue weighted by molar-refractivity contribution is 0.0196. The lowest BCUT2D eigenvalue weighted by Crippen LogP contribution is -2.60. The molecule has 1 amide bonds. The molecule has 2 heterocycles. The first-order valence-corrected chi connectivity index (χ1v) is 7.86. The average molecular weight is 304 g/mol. The van der Waals surface area contributed by atoms with Gasteiger partial charge in [-0.05, 0) is 33.6 Å². The highest BCUT2D eigenvalue weighted by Gasteiger charge is 2.35. The Balaban J connectivity index is 1.55. The van der Waals surface area contributed by atoms with E-state index in [9.17, 15) is 4.79 Å². The summed E-state index contributed by atoms with van der Waals surface area (Å²) in [5, 5.41) is 0. The van der Waals surface area contributed by atoms with E-state index in [0.717, 1.165) is 24.6 Å². The lowest BCUT2D eigenvalue weighted by atomic mass is 10.1. The number of anilines is 1. The Kier molecular flexibility index (Phi) is 3.70. The molecule has 1 aliphatic carbocycles. The molecule has 0 radical (unpaired) electrons. The van der Waals surface area contributed by atoms with E-state index in [0.29, 0.717) is 5.92 Å². The molecule has 1 saturated carbocycles. The van der Waals surface area contributed by atoms with Gasteiger partial charge in [0, 0.05) is 37.8 Å². The van der Waals surface area contributed by atoms with Crippen molar-refractivity contribution < 1.29 is 9.53 Å². The van der Waals surface area contributed by atoms with Crippen LogP contribution in [0.25, 0.3) is 0 Å². The van der Waals surface area contributed by atoms with Crippen LogP contribution in [0.4, 0.5) is 10.6 Å². The van der Waals surface area contributed by atoms with Gasteiger partial charge in [-0.3, -0.25) is 0 Å². The van der Waals surface area contributed by atoms with Crippen molar-refractivity contribution in [1.29, 1.82) is 0 Å². The van der Waals surface area contributed by atoms with Crippen molar-refractivity contribution in [2.75, 3.05) is 25.0 Å². The largest absolute Gasteiger partial charge is 0.444 e. The second kappa shape index (κ2) is 5.41. The molecule has 0 atom stereocenters. The van der Waals surface area contributed by atoms with E-state index in [1.54, 1.807) is 18.3 Å². The maximum absolute atomic E-state index is 12.0. The van der Waals surface area contributed by atoms with E-state index in [1.807, 2.05) is 20.8 Å². The van der Waals surface area contributed by atoms with Crippen LogP contribution in [0.1, 0.15) is 45.2 Å². The number of hydrogen-bond donors (Lipinski definition) is 0. The molecular weight excluding hydrogens is 280 g/mol. The maximum Gasteiger partial charge on any atom is 0.410 e. The Morgan fingerprint density at radius 3 is 2.59 bits per heavy atom. The SMILES string of the molecule is CN(C(=O)OC(C)(C)C)C1CN(c2cc(C3CC3)ncn2)C1. The van der Waals surface area contributed by atoms with E-state index < -0.39 is 5.60 Å². The normalized spacial score (nSPS) is 18.8. The molecule has 3 rings (SSSR count). The standard InChI is InChI=1S/C16H24N4O2/c1-16(2,3)22-15(21)19(4)12-8-20(9-12)14-7-13(11-5-6-11)17-10-18-14/h7,10-12H,5-6,8-9H2,1-4H3. The number of hydrogen-bond acceptors (Lipinski definition) is 5. The quantitative estimate of drug-likeness (QED) is 0.858. The van der Waals surface area contributed by atoms with Crippen molar-refractivity contribution in [3.63, 3.8) is 0 Å². The fourth-order valence-corrected chi connectivity index (χ4v) is 2.51. The van der Waals surface area contributed by atoms with Crippen LogP contribution in [0.15, 0.2) is 12.4 Å². The molecule has 22 heavy (non-hydrogen) atoms. The van der Waals surface area contributed by atoms with Gasteiger partial charge in [-0.25, -0.2) is 14.8 Å². The fraction of sp³-hybridized carbons (Fsp3) is 0.688. The van der Waals surface area contributed by atoms with E-state index >= 15 is 0 Å². The predicted octanol–water partition coefficient (Wildman–Crippen LogP) is 2.41. The van der Waals surface area contributed by atoms with Gasteiger partial charge in [-0.1, -0.05) is 0 Å². The molecule has 1 aromatic rings. The van der Waals surface area contributed by atoms with Gasteiger partial charge in [0.1, 0.15) is 17.7 Å². The molecule has 0 spiro atoms. The Bertz CT molecular complexity index is 560. The molecule has 0 aromatic carbocycles. The van der Waals surface area contributed by atoms with Crippen molar-refractivity contribution in [2.24, 2.45) is 0 Å². The summed E-state index contributed by atoms with van der Waals surface area (Å²) in [5.74, 6) is 1.59. The summed E-state index contributed by atoms with van der Waals surface area (Å²) < 4.78 is 5.40. The zero-order valence-electron chi connectivity index (χ0n) is 13.7. The zero-order chi connectivity index (χ0) is 15.9. The number of aromatic nitrogens is 2. The van der Waals surface area contributed by atoms with E-state index in [-0.39, 0.29) is 12.1 Å². The van der Waals surface area contributed by atoms with Gasteiger partial charge in [-0.2, -0.15) is 0 Å². The summed E-state index contributed by atoms with van der Waals surface area (Å²) in [6, 6.07) is 2.26. The summed E-state index contributed by atoms with van der Waals surface area (Å²) in [6.07, 6.45) is 3.85. The molecule has 6 heteroatoms. The number of rotatable bonds is 3. The minimum absolute atomic E-state index is 0.175. The third-order valence-electron chi connectivity index (χ3n) is 4.08. The van der Waals surface area contributed by atoms with Crippen molar-refractivity contribution in [2.45, 2.75) is 51.2 Å². The summed E-state index contributed by atoms with van der Waals surface area (Å²) >= 11 is 0. The number of likely N-dealkylation sites (N-methyl/N-ethyl adjacent to an activating group) is 1. The number of nitrogens with zero attached hydrogens (tertiary/aromatic N) is 4. The Labute approximate surface area is 131 Å². The van der Waals surface area contributed by atoms with Gasteiger partial charge in [0.15, 0.2) is 0 Å². The van der Waals surface area contributed by atoms with Gasteiger partial charge in [0.05, 0.1) is 6.04 Å². The van der Waals surface area contributed by atoms with Crippen LogP contribution in [0.5, 0.6) is 0 Å². The topological polar surface area (TPSA) is 58.6 Å². The zero-order valence-corrected chi connectivity index (χ0v) is 13.7. The van der Waals surface area contributed by atoms with E-state index in [4.69, 9.17) is 4.74 Å². The van der Waals surface area contributed by atoms with Crippen molar-refractivity contribution in [3.05, 3.63) is 18.1 Å². The monoisotopic (exact) mass is 304 g/mol. The minimum Gasteiger partial charge on any atom is -0.444 e. The molecule has 6 nitrogen and oxygen atoms in total. The smallest absolute Gasteiger partial charge is 0.410 e. The molecule has 1 aromatic heterocycles. The molecule has 0 bridgehead atoms. The van der Waals surface area contributed by atoms with E-state index in [2.05, 4.69) is 20.9 Å². The average Bonchev–Trinajstić information content (AvgIpc) is 3.19. The second-order valence-corrected chi connectivity index (χ2v) is 7.23. The third-order valence-corrected chi connectivity index (χ3v) is 4.08. The Morgan fingerprint density at radius 2 is 2.00 bits per heavy atom. The molecule has 0 N–H and O–H groups in total. The van der Waals surface area contributed by atoms with Gasteiger partial charge < -0.3 is 14.5 Å². The van der Waals surface area contributed by atoms with Gasteiger partial charge in [-0.15, -0.1) is 0 Å². The van der Waals surface area contributed by atoms with Crippen molar-refractivity contribution in [1.82, 2.24) is 14.9 Å². The van der Waals surface area contributed by atoms with Crippen LogP contribution < -0.4 is 4.90 Å². The molecule has 2 aliphatic rings. The van der Waals surface area contributed by atoms with Crippen LogP contribution in [0.2, 0.25) is 0 Å².